The van der Waals surface area contributed by atoms with Crippen LogP contribution in [0.3, 0.4) is 0 Å². The molecule has 0 saturated heterocycles. The Balaban J connectivity index is 0.00000397. The molecule has 65 heavy (non-hydrogen) atoms. The third kappa shape index (κ3) is 12.2. The van der Waals surface area contributed by atoms with E-state index in [1.54, 1.807) is 67.7 Å². The number of aromatic hydroxyl groups is 3. The van der Waals surface area contributed by atoms with Crippen molar-refractivity contribution >= 4 is 52.7 Å². The van der Waals surface area contributed by atoms with Crippen LogP contribution in [0.4, 0.5) is 17.1 Å². The second-order valence-electron chi connectivity index (χ2n) is 13.8. The van der Waals surface area contributed by atoms with Gasteiger partial charge in [-0.1, -0.05) is 35.2 Å². The quantitative estimate of drug-likeness (QED) is 0.0405. The van der Waals surface area contributed by atoms with Gasteiger partial charge in [-0.3, -0.25) is 24.0 Å². The third-order valence-corrected chi connectivity index (χ3v) is 9.29. The number of anilines is 3. The maximum atomic E-state index is 13.6. The Hall–Kier alpha value is -7.75. The molecule has 4 amide bonds. The van der Waals surface area contributed by atoms with Crippen LogP contribution in [0.25, 0.3) is 23.0 Å². The predicted octanol–water partition coefficient (Wildman–Crippen LogP) is 4.74. The van der Waals surface area contributed by atoms with E-state index in [9.17, 15) is 39.3 Å². The van der Waals surface area contributed by atoms with Crippen LogP contribution in [-0.4, -0.2) is 86.5 Å². The van der Waals surface area contributed by atoms with Gasteiger partial charge in [-0.2, -0.15) is 27.5 Å². The Morgan fingerprint density at radius 2 is 1.43 bits per heavy atom. The minimum absolute atomic E-state index is 0. The van der Waals surface area contributed by atoms with Gasteiger partial charge >= 0.3 is 0 Å². The first-order chi connectivity index (χ1) is 30.3. The number of aromatic carboxylic acids is 1. The standard InChI is InChI=1S/C44H34N10O9.2Mo/c1-24(18-25-2-14-33(55)15-3-25)40(58)46-28-10-6-27(7-11-28)41(59)49-36(19-31-22-45-52-50-31)43(61)47-29-8-4-26(5-9-29)37-23-54(53-51-37)32-13-17-34(39(57)21-32)42(60)48-30-12-16-35(44(62)63)38(56)20-30;;/h2-18,22-23,36,55-57H,19H2,1H3,(H,46,58)(H,47,61)(H,48,60)(H,49,59)(H,62,63)(H,45,50,52);;/q-2;;/b24-18+;;/t36-;;/m0../s1. The summed E-state index contributed by atoms with van der Waals surface area (Å²) in [5, 5.41) is 68.4. The minimum Gasteiger partial charge on any atom is -0.533 e. The SMILES string of the molecule is C/C(=C\c1ccc(O)cc1)C(=O)Nc1ccc(C(=O)N[C@@H](Cc2cn[nH]n2)C(=O)Nc2ccc(-c3cn(-c4[c-]c(O)c(C(=O)Nc5[c-]c(O)c(C(=O)O)cc5)cc4)nn3)cc2)cc1.[Mo].[Mo]. The molecule has 0 radical (unpaired) electrons. The molecule has 7 aromatic rings. The molecule has 7 rings (SSSR count). The van der Waals surface area contributed by atoms with Gasteiger partial charge in [0.2, 0.25) is 11.8 Å². The maximum Gasteiger partial charge on any atom is 0.282 e. The average Bonchev–Trinajstić information content (AvgIpc) is 3.98. The van der Waals surface area contributed by atoms with Crippen LogP contribution in [0, 0.1) is 12.1 Å². The average molecular weight is 1040 g/mol. The van der Waals surface area contributed by atoms with Crippen molar-refractivity contribution in [2.45, 2.75) is 19.4 Å². The van der Waals surface area contributed by atoms with E-state index in [2.05, 4.69) is 59.1 Å². The van der Waals surface area contributed by atoms with Crippen molar-refractivity contribution in [2.24, 2.45) is 0 Å². The number of hydrogen-bond donors (Lipinski definition) is 9. The predicted molar refractivity (Wildman–Crippen MR) is 226 cm³/mol. The molecule has 9 N–H and O–H groups in total. The Morgan fingerprint density at radius 3 is 2.08 bits per heavy atom. The van der Waals surface area contributed by atoms with Crippen LogP contribution < -0.4 is 21.3 Å². The number of aromatic amines is 1. The van der Waals surface area contributed by atoms with E-state index >= 15 is 0 Å². The molecule has 2 aromatic heterocycles. The summed E-state index contributed by atoms with van der Waals surface area (Å²) >= 11 is 0. The molecule has 0 unspecified atom stereocenters. The summed E-state index contributed by atoms with van der Waals surface area (Å²) in [4.78, 5) is 63.6. The second-order valence-corrected chi connectivity index (χ2v) is 13.8. The van der Waals surface area contributed by atoms with Gasteiger partial charge in [0.05, 0.1) is 18.1 Å². The number of phenols is 3. The van der Waals surface area contributed by atoms with E-state index in [4.69, 9.17) is 5.11 Å². The van der Waals surface area contributed by atoms with Crippen molar-refractivity contribution in [3.63, 3.8) is 0 Å². The fourth-order valence-electron chi connectivity index (χ4n) is 5.98. The van der Waals surface area contributed by atoms with Crippen LogP contribution >= 0.6 is 0 Å². The maximum absolute atomic E-state index is 13.6. The number of phenolic OH excluding ortho intramolecular Hbond substituents is 2. The van der Waals surface area contributed by atoms with E-state index in [1.165, 1.54) is 53.3 Å². The molecule has 0 aliphatic carbocycles. The van der Waals surface area contributed by atoms with Crippen LogP contribution in [-0.2, 0) is 58.1 Å². The Labute approximate surface area is 397 Å². The summed E-state index contributed by atoms with van der Waals surface area (Å²) in [7, 11) is 0. The number of nitrogens with zero attached hydrogens (tertiary/aromatic N) is 5. The zero-order chi connectivity index (χ0) is 44.6. The number of nitrogens with one attached hydrogen (secondary N) is 5. The van der Waals surface area contributed by atoms with Crippen molar-refractivity contribution in [3.05, 3.63) is 155 Å². The normalized spacial score (nSPS) is 11.2. The molecule has 0 fully saturated rings. The van der Waals surface area contributed by atoms with Crippen LogP contribution in [0.15, 0.2) is 115 Å². The number of aromatic nitrogens is 6. The first-order valence-electron chi connectivity index (χ1n) is 18.7. The number of carboxylic acids is 1. The number of amides is 4. The van der Waals surface area contributed by atoms with Gasteiger partial charge in [-0.25, -0.2) is 4.68 Å². The molecule has 0 aliphatic rings. The van der Waals surface area contributed by atoms with Gasteiger partial charge in [-0.15, -0.1) is 29.4 Å². The number of carbonyl (C=O) groups excluding carboxylic acids is 4. The fraction of sp³-hybridized carbons (Fsp3) is 0.0682. The van der Waals surface area contributed by atoms with Gasteiger partial charge < -0.3 is 41.7 Å². The number of H-pyrrole nitrogens is 1. The van der Waals surface area contributed by atoms with E-state index in [0.29, 0.717) is 33.9 Å². The van der Waals surface area contributed by atoms with Crippen LogP contribution in [0.1, 0.15) is 49.3 Å². The summed E-state index contributed by atoms with van der Waals surface area (Å²) in [6, 6.07) is 28.3. The van der Waals surface area contributed by atoms with Gasteiger partial charge in [0, 0.05) is 88.1 Å². The monoisotopic (exact) mass is 1040 g/mol. The van der Waals surface area contributed by atoms with Gasteiger partial charge in [0.15, 0.2) is 0 Å². The molecular weight excluding hydrogens is 1000 g/mol. The Kier molecular flexibility index (Phi) is 16.0. The second kappa shape index (κ2) is 21.6. The molecule has 328 valence electrons. The first-order valence-corrected chi connectivity index (χ1v) is 18.7. The smallest absolute Gasteiger partial charge is 0.282 e. The Morgan fingerprint density at radius 1 is 0.769 bits per heavy atom. The van der Waals surface area contributed by atoms with Gasteiger partial charge in [0.1, 0.15) is 17.5 Å². The summed E-state index contributed by atoms with van der Waals surface area (Å²) < 4.78 is 1.32. The van der Waals surface area contributed by atoms with Gasteiger partial charge in [-0.05, 0) is 83.9 Å². The van der Waals surface area contributed by atoms with Gasteiger partial charge in [0.25, 0.3) is 17.8 Å². The number of rotatable bonds is 14. The van der Waals surface area contributed by atoms with E-state index in [-0.39, 0.29) is 82.7 Å². The fourth-order valence-corrected chi connectivity index (χ4v) is 5.98. The number of carbonyl (C=O) groups is 5. The number of hydrogen-bond acceptors (Lipinski definition) is 12. The topological polar surface area (TPSA) is 287 Å². The van der Waals surface area contributed by atoms with Crippen LogP contribution in [0.5, 0.6) is 17.2 Å². The van der Waals surface area contributed by atoms with Crippen molar-refractivity contribution in [3.8, 4) is 34.2 Å². The molecule has 5 aromatic carbocycles. The van der Waals surface area contributed by atoms with Crippen molar-refractivity contribution in [1.82, 2.24) is 35.7 Å². The molecule has 1 atom stereocenters. The molecule has 21 heteroatoms. The van der Waals surface area contributed by atoms with E-state index in [1.807, 2.05) is 0 Å². The summed E-state index contributed by atoms with van der Waals surface area (Å²) in [5.74, 6) is -4.64. The molecule has 2 heterocycles. The molecule has 0 bridgehead atoms. The molecular formula is C44H34Mo2N10O9-2. The summed E-state index contributed by atoms with van der Waals surface area (Å²) in [6.07, 6.45) is 4.68. The van der Waals surface area contributed by atoms with E-state index < -0.39 is 46.8 Å². The summed E-state index contributed by atoms with van der Waals surface area (Å²) in [6.45, 7) is 1.65. The molecule has 0 spiro atoms. The zero-order valence-electron chi connectivity index (χ0n) is 33.6. The van der Waals surface area contributed by atoms with Crippen molar-refractivity contribution in [1.29, 1.82) is 0 Å². The van der Waals surface area contributed by atoms with Crippen molar-refractivity contribution < 1.29 is 86.5 Å². The summed E-state index contributed by atoms with van der Waals surface area (Å²) in [5.41, 5.74) is 3.37. The largest absolute Gasteiger partial charge is 0.533 e. The number of carboxylic acid groups (broad SMARTS) is 1. The minimum atomic E-state index is -1.37. The van der Waals surface area contributed by atoms with E-state index in [0.717, 1.165) is 11.6 Å². The van der Waals surface area contributed by atoms with Crippen LogP contribution in [0.2, 0.25) is 0 Å². The zero-order valence-corrected chi connectivity index (χ0v) is 37.7. The number of benzene rings is 5. The Bertz CT molecular complexity index is 2870. The third-order valence-electron chi connectivity index (χ3n) is 9.29. The molecule has 19 nitrogen and oxygen atoms in total. The van der Waals surface area contributed by atoms with Crippen molar-refractivity contribution in [2.75, 3.05) is 16.0 Å². The molecule has 0 aliphatic heterocycles. The first kappa shape index (κ1) is 48.3. The molecule has 0 saturated carbocycles.